The highest BCUT2D eigenvalue weighted by atomic mass is 16.5. The van der Waals surface area contributed by atoms with Gasteiger partial charge in [-0.3, -0.25) is 9.78 Å². The van der Waals surface area contributed by atoms with Crippen LogP contribution in [0.5, 0.6) is 5.75 Å². The van der Waals surface area contributed by atoms with Gasteiger partial charge < -0.3 is 15.0 Å². The zero-order valence-electron chi connectivity index (χ0n) is 11.2. The van der Waals surface area contributed by atoms with Crippen molar-refractivity contribution in [2.75, 3.05) is 30.4 Å². The van der Waals surface area contributed by atoms with E-state index in [2.05, 4.69) is 15.2 Å². The van der Waals surface area contributed by atoms with Crippen molar-refractivity contribution in [1.29, 1.82) is 0 Å². The number of carbonyl (C=O) groups is 1. The molecule has 1 aliphatic rings. The Hall–Kier alpha value is -2.56. The van der Waals surface area contributed by atoms with Gasteiger partial charge in [0.1, 0.15) is 12.4 Å². The van der Waals surface area contributed by atoms with Crippen LogP contribution in [0.25, 0.3) is 0 Å². The molecule has 2 aromatic rings. The SMILES string of the molecule is CN1CCOc2cc(NC(=O)c3ccncc3)ccc21. The smallest absolute Gasteiger partial charge is 0.255 e. The largest absolute Gasteiger partial charge is 0.489 e. The Balaban J connectivity index is 1.80. The van der Waals surface area contributed by atoms with Crippen LogP contribution < -0.4 is 15.0 Å². The van der Waals surface area contributed by atoms with Crippen molar-refractivity contribution in [1.82, 2.24) is 4.98 Å². The molecule has 0 saturated carbocycles. The van der Waals surface area contributed by atoms with Crippen LogP contribution in [0.4, 0.5) is 11.4 Å². The summed E-state index contributed by atoms with van der Waals surface area (Å²) in [5.74, 6) is 0.641. The third kappa shape index (κ3) is 2.42. The molecule has 1 aromatic carbocycles. The van der Waals surface area contributed by atoms with Crippen LogP contribution >= 0.6 is 0 Å². The van der Waals surface area contributed by atoms with Gasteiger partial charge in [-0.25, -0.2) is 0 Å². The molecular weight excluding hydrogens is 254 g/mol. The molecule has 5 heteroatoms. The predicted octanol–water partition coefficient (Wildman–Crippen LogP) is 2.16. The lowest BCUT2D eigenvalue weighted by Gasteiger charge is -2.27. The van der Waals surface area contributed by atoms with E-state index in [1.807, 2.05) is 25.2 Å². The summed E-state index contributed by atoms with van der Waals surface area (Å²) in [7, 11) is 2.02. The Kier molecular flexibility index (Phi) is 3.25. The van der Waals surface area contributed by atoms with Crippen molar-refractivity contribution in [3.63, 3.8) is 0 Å². The quantitative estimate of drug-likeness (QED) is 0.907. The summed E-state index contributed by atoms with van der Waals surface area (Å²) < 4.78 is 5.62. The number of hydrogen-bond donors (Lipinski definition) is 1. The first-order chi connectivity index (χ1) is 9.74. The highest BCUT2D eigenvalue weighted by molar-refractivity contribution is 6.04. The molecule has 0 unspecified atom stereocenters. The standard InChI is InChI=1S/C15H15N3O2/c1-18-8-9-20-14-10-12(2-3-13(14)18)17-15(19)11-4-6-16-7-5-11/h2-7,10H,8-9H2,1H3,(H,17,19). The molecular formula is C15H15N3O2. The Morgan fingerprint density at radius 1 is 1.30 bits per heavy atom. The number of anilines is 2. The van der Waals surface area contributed by atoms with Gasteiger partial charge >= 0.3 is 0 Å². The highest BCUT2D eigenvalue weighted by Crippen LogP contribution is 2.33. The third-order valence-corrected chi connectivity index (χ3v) is 3.26. The average Bonchev–Trinajstić information content (AvgIpc) is 2.48. The van der Waals surface area contributed by atoms with Crippen LogP contribution in [-0.4, -0.2) is 31.1 Å². The monoisotopic (exact) mass is 269 g/mol. The first-order valence-corrected chi connectivity index (χ1v) is 6.43. The van der Waals surface area contributed by atoms with E-state index in [4.69, 9.17) is 4.74 Å². The number of ether oxygens (including phenoxy) is 1. The molecule has 1 aliphatic heterocycles. The third-order valence-electron chi connectivity index (χ3n) is 3.26. The van der Waals surface area contributed by atoms with Gasteiger partial charge in [-0.2, -0.15) is 0 Å². The summed E-state index contributed by atoms with van der Waals surface area (Å²) in [6.07, 6.45) is 3.19. The van der Waals surface area contributed by atoms with Crippen molar-refractivity contribution in [2.24, 2.45) is 0 Å². The highest BCUT2D eigenvalue weighted by Gasteiger charge is 2.15. The number of benzene rings is 1. The number of pyridine rings is 1. The Bertz CT molecular complexity index is 628. The molecule has 3 rings (SSSR count). The number of likely N-dealkylation sites (N-methyl/N-ethyl adjacent to an activating group) is 1. The van der Waals surface area contributed by atoms with E-state index in [0.29, 0.717) is 12.2 Å². The summed E-state index contributed by atoms with van der Waals surface area (Å²) in [5.41, 5.74) is 2.34. The maximum absolute atomic E-state index is 12.1. The number of fused-ring (bicyclic) bond motifs is 1. The second-order valence-corrected chi connectivity index (χ2v) is 4.64. The predicted molar refractivity (Wildman–Crippen MR) is 77.4 cm³/mol. The zero-order valence-corrected chi connectivity index (χ0v) is 11.2. The number of nitrogens with one attached hydrogen (secondary N) is 1. The number of carbonyl (C=O) groups excluding carboxylic acids is 1. The van der Waals surface area contributed by atoms with E-state index in [1.165, 1.54) is 0 Å². The van der Waals surface area contributed by atoms with E-state index < -0.39 is 0 Å². The van der Waals surface area contributed by atoms with Crippen LogP contribution in [0.3, 0.4) is 0 Å². The number of nitrogens with zero attached hydrogens (tertiary/aromatic N) is 2. The zero-order chi connectivity index (χ0) is 13.9. The van der Waals surface area contributed by atoms with Gasteiger partial charge in [0.2, 0.25) is 0 Å². The molecule has 0 radical (unpaired) electrons. The number of rotatable bonds is 2. The average molecular weight is 269 g/mol. The molecule has 0 saturated heterocycles. The lowest BCUT2D eigenvalue weighted by Crippen LogP contribution is -2.28. The van der Waals surface area contributed by atoms with E-state index in [-0.39, 0.29) is 5.91 Å². The van der Waals surface area contributed by atoms with Crippen LogP contribution in [0, 0.1) is 0 Å². The van der Waals surface area contributed by atoms with Crippen LogP contribution in [0.1, 0.15) is 10.4 Å². The van der Waals surface area contributed by atoms with Gasteiger partial charge in [0, 0.05) is 36.8 Å². The van der Waals surface area contributed by atoms with E-state index in [0.717, 1.165) is 23.7 Å². The van der Waals surface area contributed by atoms with Crippen molar-refractivity contribution >= 4 is 17.3 Å². The summed E-state index contributed by atoms with van der Waals surface area (Å²) in [5, 5.41) is 2.86. The Morgan fingerprint density at radius 2 is 2.10 bits per heavy atom. The van der Waals surface area contributed by atoms with E-state index in [9.17, 15) is 4.79 Å². The van der Waals surface area contributed by atoms with Crippen LogP contribution in [0.15, 0.2) is 42.7 Å². The molecule has 1 N–H and O–H groups in total. The summed E-state index contributed by atoms with van der Waals surface area (Å²) in [4.78, 5) is 18.1. The van der Waals surface area contributed by atoms with Crippen LogP contribution in [0.2, 0.25) is 0 Å². The van der Waals surface area contributed by atoms with Crippen molar-refractivity contribution in [2.45, 2.75) is 0 Å². The Morgan fingerprint density at radius 3 is 2.90 bits per heavy atom. The molecule has 0 bridgehead atoms. The van der Waals surface area contributed by atoms with Gasteiger partial charge in [0.05, 0.1) is 12.2 Å². The fourth-order valence-corrected chi connectivity index (χ4v) is 2.14. The lowest BCUT2D eigenvalue weighted by atomic mass is 10.2. The molecule has 1 amide bonds. The Labute approximate surface area is 117 Å². The van der Waals surface area contributed by atoms with E-state index in [1.54, 1.807) is 24.5 Å². The van der Waals surface area contributed by atoms with Gasteiger partial charge in [0.25, 0.3) is 5.91 Å². The molecule has 1 aromatic heterocycles. The topological polar surface area (TPSA) is 54.5 Å². The van der Waals surface area contributed by atoms with Crippen LogP contribution in [-0.2, 0) is 0 Å². The first-order valence-electron chi connectivity index (χ1n) is 6.43. The maximum Gasteiger partial charge on any atom is 0.255 e. The minimum atomic E-state index is -0.156. The van der Waals surface area contributed by atoms with Crippen molar-refractivity contribution in [3.8, 4) is 5.75 Å². The first kappa shape index (κ1) is 12.5. The van der Waals surface area contributed by atoms with Crippen molar-refractivity contribution < 1.29 is 9.53 Å². The summed E-state index contributed by atoms with van der Waals surface area (Å²) in [6.45, 7) is 1.53. The number of aromatic nitrogens is 1. The van der Waals surface area contributed by atoms with E-state index >= 15 is 0 Å². The fraction of sp³-hybridized carbons (Fsp3) is 0.200. The summed E-state index contributed by atoms with van der Waals surface area (Å²) in [6, 6.07) is 9.04. The summed E-state index contributed by atoms with van der Waals surface area (Å²) >= 11 is 0. The molecule has 20 heavy (non-hydrogen) atoms. The van der Waals surface area contributed by atoms with Gasteiger partial charge in [-0.05, 0) is 24.3 Å². The molecule has 2 heterocycles. The fourth-order valence-electron chi connectivity index (χ4n) is 2.14. The van der Waals surface area contributed by atoms with Gasteiger partial charge in [-0.1, -0.05) is 0 Å². The van der Waals surface area contributed by atoms with Gasteiger partial charge in [-0.15, -0.1) is 0 Å². The molecule has 5 nitrogen and oxygen atoms in total. The number of hydrogen-bond acceptors (Lipinski definition) is 4. The minimum Gasteiger partial charge on any atom is -0.489 e. The molecule has 0 fully saturated rings. The van der Waals surface area contributed by atoms with Crippen molar-refractivity contribution in [3.05, 3.63) is 48.3 Å². The molecule has 0 spiro atoms. The maximum atomic E-state index is 12.1. The second kappa shape index (κ2) is 5.21. The van der Waals surface area contributed by atoms with Gasteiger partial charge in [0.15, 0.2) is 0 Å². The number of amides is 1. The normalized spacial score (nSPS) is 13.3. The minimum absolute atomic E-state index is 0.156. The molecule has 0 aliphatic carbocycles. The molecule has 102 valence electrons. The molecule has 0 atom stereocenters. The second-order valence-electron chi connectivity index (χ2n) is 4.64. The lowest BCUT2D eigenvalue weighted by molar-refractivity contribution is 0.102.